The van der Waals surface area contributed by atoms with Crippen molar-refractivity contribution >= 4 is 23.2 Å². The number of hydrogen-bond acceptors (Lipinski definition) is 8. The minimum Gasteiger partial charge on any atom is -0.356 e. The van der Waals surface area contributed by atoms with Gasteiger partial charge in [-0.05, 0) is 81.9 Å². The number of carbonyl (C=O) groups is 1. The topological polar surface area (TPSA) is 109 Å². The Labute approximate surface area is 233 Å². The van der Waals surface area contributed by atoms with Gasteiger partial charge in [0.05, 0.1) is 11.9 Å². The average Bonchev–Trinajstić information content (AvgIpc) is 3.40. The Kier molecular flexibility index (Phi) is 7.93. The smallest absolute Gasteiger partial charge is 0.255 e. The molecule has 5 aromatic rings. The number of aromatic nitrogens is 4. The molecule has 9 nitrogen and oxygen atoms in total. The van der Waals surface area contributed by atoms with E-state index in [4.69, 9.17) is 4.52 Å². The summed E-state index contributed by atoms with van der Waals surface area (Å²) in [5.74, 6) is 0.893. The van der Waals surface area contributed by atoms with Crippen LogP contribution in [-0.2, 0) is 6.42 Å². The van der Waals surface area contributed by atoms with Gasteiger partial charge >= 0.3 is 0 Å². The number of pyridine rings is 1. The lowest BCUT2D eigenvalue weighted by Crippen LogP contribution is -2.15. The Hall–Kier alpha value is -4.89. The minimum atomic E-state index is -0.190. The predicted octanol–water partition coefficient (Wildman–Crippen LogP) is 5.91. The van der Waals surface area contributed by atoms with Crippen LogP contribution in [0, 0.1) is 13.8 Å². The first-order chi connectivity index (χ1) is 19.4. The van der Waals surface area contributed by atoms with Crippen LogP contribution in [0.5, 0.6) is 0 Å². The van der Waals surface area contributed by atoms with E-state index in [1.54, 1.807) is 36.9 Å². The highest BCUT2D eigenvalue weighted by atomic mass is 16.5. The number of nitrogens with one attached hydrogen (secondary N) is 2. The first-order valence-electron chi connectivity index (χ1n) is 13.0. The molecule has 3 aromatic heterocycles. The third-order valence-corrected chi connectivity index (χ3v) is 6.51. The van der Waals surface area contributed by atoms with Gasteiger partial charge in [-0.25, -0.2) is 9.97 Å². The van der Waals surface area contributed by atoms with Crippen molar-refractivity contribution < 1.29 is 9.32 Å². The Bertz CT molecular complexity index is 1630. The molecular weight excluding hydrogens is 502 g/mol. The van der Waals surface area contributed by atoms with Gasteiger partial charge in [0.2, 0.25) is 5.95 Å². The van der Waals surface area contributed by atoms with Gasteiger partial charge in [0.25, 0.3) is 5.91 Å². The van der Waals surface area contributed by atoms with Gasteiger partial charge in [0.15, 0.2) is 5.76 Å². The SMILES string of the molecule is Cc1ccc(C(=O)Nc2ccc(CCN(C)C)cc2)cc1Nc1nccc(-c2cncc(-c3oncc3C)c2)n1. The molecule has 40 heavy (non-hydrogen) atoms. The maximum Gasteiger partial charge on any atom is 0.255 e. The summed E-state index contributed by atoms with van der Waals surface area (Å²) in [7, 11) is 4.11. The second kappa shape index (κ2) is 11.9. The van der Waals surface area contributed by atoms with E-state index in [1.807, 2.05) is 56.3 Å². The monoisotopic (exact) mass is 533 g/mol. The zero-order valence-electron chi connectivity index (χ0n) is 23.0. The average molecular weight is 534 g/mol. The van der Waals surface area contributed by atoms with Crippen molar-refractivity contribution in [3.05, 3.63) is 102 Å². The third-order valence-electron chi connectivity index (χ3n) is 6.51. The summed E-state index contributed by atoms with van der Waals surface area (Å²) in [4.78, 5) is 28.6. The van der Waals surface area contributed by atoms with E-state index in [9.17, 15) is 4.79 Å². The highest BCUT2D eigenvalue weighted by Crippen LogP contribution is 2.27. The lowest BCUT2D eigenvalue weighted by atomic mass is 10.1. The molecule has 0 aliphatic carbocycles. The molecule has 2 N–H and O–H groups in total. The summed E-state index contributed by atoms with van der Waals surface area (Å²) < 4.78 is 5.38. The molecule has 0 atom stereocenters. The van der Waals surface area contributed by atoms with Crippen molar-refractivity contribution in [2.45, 2.75) is 20.3 Å². The van der Waals surface area contributed by atoms with E-state index in [2.05, 4.69) is 49.7 Å². The summed E-state index contributed by atoms with van der Waals surface area (Å²) in [6.07, 6.45) is 7.80. The molecule has 5 rings (SSSR count). The largest absolute Gasteiger partial charge is 0.356 e. The summed E-state index contributed by atoms with van der Waals surface area (Å²) in [5, 5.41) is 10.1. The van der Waals surface area contributed by atoms with Crippen LogP contribution in [0.25, 0.3) is 22.6 Å². The summed E-state index contributed by atoms with van der Waals surface area (Å²) >= 11 is 0. The number of likely N-dealkylation sites (N-methyl/N-ethyl adjacent to an activating group) is 1. The molecule has 0 radical (unpaired) electrons. The van der Waals surface area contributed by atoms with E-state index in [0.29, 0.717) is 23.0 Å². The van der Waals surface area contributed by atoms with Gasteiger partial charge in [-0.15, -0.1) is 0 Å². The van der Waals surface area contributed by atoms with E-state index in [0.717, 1.165) is 46.6 Å². The molecule has 0 bridgehead atoms. The Balaban J connectivity index is 1.31. The van der Waals surface area contributed by atoms with Crippen LogP contribution in [0.15, 0.2) is 83.9 Å². The second-order valence-corrected chi connectivity index (χ2v) is 9.92. The number of amides is 1. The van der Waals surface area contributed by atoms with Gasteiger partial charge in [-0.2, -0.15) is 0 Å². The van der Waals surface area contributed by atoms with Crippen LogP contribution < -0.4 is 10.6 Å². The zero-order valence-corrected chi connectivity index (χ0v) is 23.0. The molecule has 2 aromatic carbocycles. The van der Waals surface area contributed by atoms with Gasteiger partial charge in [-0.3, -0.25) is 9.78 Å². The number of aryl methyl sites for hydroxylation is 2. The van der Waals surface area contributed by atoms with Crippen LogP contribution in [-0.4, -0.2) is 51.6 Å². The molecule has 0 fully saturated rings. The molecule has 0 aliphatic heterocycles. The molecule has 3 heterocycles. The fourth-order valence-electron chi connectivity index (χ4n) is 4.18. The maximum atomic E-state index is 13.0. The van der Waals surface area contributed by atoms with Crippen molar-refractivity contribution in [3.63, 3.8) is 0 Å². The maximum absolute atomic E-state index is 13.0. The predicted molar refractivity (Wildman–Crippen MR) is 157 cm³/mol. The van der Waals surface area contributed by atoms with Crippen molar-refractivity contribution in [2.75, 3.05) is 31.3 Å². The molecule has 0 saturated heterocycles. The highest BCUT2D eigenvalue weighted by Gasteiger charge is 2.13. The standard InChI is InChI=1S/C31H31N7O2/c1-20-5-8-23(30(39)35-26-9-6-22(7-10-26)12-14-38(3)4)16-28(20)37-31-33-13-11-27(36-31)24-15-25(19-32-18-24)29-21(2)17-34-40-29/h5-11,13,15-19H,12,14H2,1-4H3,(H,35,39)(H,33,36,37). The van der Waals surface area contributed by atoms with Crippen molar-refractivity contribution in [1.82, 2.24) is 25.0 Å². The van der Waals surface area contributed by atoms with Crippen molar-refractivity contribution in [3.8, 4) is 22.6 Å². The minimum absolute atomic E-state index is 0.190. The van der Waals surface area contributed by atoms with E-state index < -0.39 is 0 Å². The number of hydrogen-bond donors (Lipinski definition) is 2. The summed E-state index contributed by atoms with van der Waals surface area (Å²) in [6.45, 7) is 4.88. The van der Waals surface area contributed by atoms with Crippen molar-refractivity contribution in [2.24, 2.45) is 0 Å². The normalized spacial score (nSPS) is 11.0. The molecule has 0 spiro atoms. The zero-order chi connectivity index (χ0) is 28.1. The molecule has 9 heteroatoms. The lowest BCUT2D eigenvalue weighted by Gasteiger charge is -2.12. The van der Waals surface area contributed by atoms with Crippen LogP contribution in [0.4, 0.5) is 17.3 Å². The Morgan fingerprint density at radius 2 is 1.73 bits per heavy atom. The molecule has 0 saturated carbocycles. The number of nitrogens with zero attached hydrogens (tertiary/aromatic N) is 5. The molecular formula is C31H31N7O2. The summed E-state index contributed by atoms with van der Waals surface area (Å²) in [5.41, 5.74) is 7.47. The number of anilines is 3. The Morgan fingerprint density at radius 3 is 2.48 bits per heavy atom. The third kappa shape index (κ3) is 6.39. The highest BCUT2D eigenvalue weighted by molar-refractivity contribution is 6.05. The fourth-order valence-corrected chi connectivity index (χ4v) is 4.18. The first-order valence-corrected chi connectivity index (χ1v) is 13.0. The van der Waals surface area contributed by atoms with Crippen LogP contribution in [0.1, 0.15) is 27.0 Å². The van der Waals surface area contributed by atoms with Crippen LogP contribution in [0.3, 0.4) is 0 Å². The van der Waals surface area contributed by atoms with Gasteiger partial charge < -0.3 is 20.1 Å². The fraction of sp³-hybridized carbons (Fsp3) is 0.194. The van der Waals surface area contributed by atoms with E-state index >= 15 is 0 Å². The molecule has 202 valence electrons. The van der Waals surface area contributed by atoms with E-state index in [1.165, 1.54) is 5.56 Å². The Morgan fingerprint density at radius 1 is 0.925 bits per heavy atom. The number of rotatable bonds is 9. The first kappa shape index (κ1) is 26.7. The van der Waals surface area contributed by atoms with Gasteiger partial charge in [0.1, 0.15) is 0 Å². The molecule has 0 unspecified atom stereocenters. The van der Waals surface area contributed by atoms with Crippen LogP contribution in [0.2, 0.25) is 0 Å². The van der Waals surface area contributed by atoms with Crippen LogP contribution >= 0.6 is 0 Å². The number of benzene rings is 2. The second-order valence-electron chi connectivity index (χ2n) is 9.92. The molecule has 0 aliphatic rings. The quantitative estimate of drug-likeness (QED) is 0.241. The number of carbonyl (C=O) groups excluding carboxylic acids is 1. The van der Waals surface area contributed by atoms with E-state index in [-0.39, 0.29) is 5.91 Å². The van der Waals surface area contributed by atoms with Crippen molar-refractivity contribution in [1.29, 1.82) is 0 Å². The van der Waals surface area contributed by atoms with Gasteiger partial charge in [0, 0.05) is 58.8 Å². The lowest BCUT2D eigenvalue weighted by molar-refractivity contribution is 0.102. The summed E-state index contributed by atoms with van der Waals surface area (Å²) in [6, 6.07) is 17.2. The molecule has 1 amide bonds. The van der Waals surface area contributed by atoms with Gasteiger partial charge in [-0.1, -0.05) is 23.4 Å².